The van der Waals surface area contributed by atoms with E-state index in [0.717, 1.165) is 0 Å². The Bertz CT molecular complexity index is 415. The van der Waals surface area contributed by atoms with Crippen LogP contribution in [0, 0.1) is 0 Å². The summed E-state index contributed by atoms with van der Waals surface area (Å²) in [6, 6.07) is 0.664. The van der Waals surface area contributed by atoms with Gasteiger partial charge in [0, 0.05) is 17.6 Å². The highest BCUT2D eigenvalue weighted by molar-refractivity contribution is 6.30. The summed E-state index contributed by atoms with van der Waals surface area (Å²) in [5, 5.41) is 18.9. The quantitative estimate of drug-likeness (QED) is 0.664. The molecule has 18 heavy (non-hydrogen) atoms. The van der Waals surface area contributed by atoms with E-state index in [1.165, 1.54) is 0 Å². The van der Waals surface area contributed by atoms with Gasteiger partial charge in [0.2, 0.25) is 0 Å². The molecule has 0 spiro atoms. The summed E-state index contributed by atoms with van der Waals surface area (Å²) in [5.41, 5.74) is -1.32. The van der Waals surface area contributed by atoms with Crippen LogP contribution in [0.15, 0.2) is 12.3 Å². The molecule has 2 atom stereocenters. The first kappa shape index (κ1) is 15.5. The number of aromatic nitrogens is 1. The lowest BCUT2D eigenvalue weighted by Gasteiger charge is -2.19. The van der Waals surface area contributed by atoms with Crippen molar-refractivity contribution in [2.45, 2.75) is 24.8 Å². The van der Waals surface area contributed by atoms with Crippen molar-refractivity contribution in [3.63, 3.8) is 0 Å². The number of aliphatic hydroxyl groups is 2. The monoisotopic (exact) mass is 303 g/mol. The topological polar surface area (TPSA) is 53.4 Å². The number of hydrogen-bond acceptors (Lipinski definition) is 3. The molecule has 0 fully saturated rings. The summed E-state index contributed by atoms with van der Waals surface area (Å²) in [6.07, 6.45) is -6.87. The summed E-state index contributed by atoms with van der Waals surface area (Å²) >= 11 is 11.0. The summed E-state index contributed by atoms with van der Waals surface area (Å²) in [5.74, 6) is 0.0578. The van der Waals surface area contributed by atoms with Crippen molar-refractivity contribution in [2.24, 2.45) is 0 Å². The Balaban J connectivity index is 3.08. The van der Waals surface area contributed by atoms with E-state index in [1.807, 2.05) is 0 Å². The van der Waals surface area contributed by atoms with E-state index in [2.05, 4.69) is 4.98 Å². The lowest BCUT2D eigenvalue weighted by atomic mass is 10.0. The van der Waals surface area contributed by atoms with Crippen molar-refractivity contribution in [1.29, 1.82) is 0 Å². The zero-order valence-corrected chi connectivity index (χ0v) is 10.5. The fourth-order valence-electron chi connectivity index (χ4n) is 1.30. The van der Waals surface area contributed by atoms with Crippen molar-refractivity contribution in [3.8, 4) is 0 Å². The highest BCUT2D eigenvalue weighted by atomic mass is 35.5. The Morgan fingerprint density at radius 3 is 2.44 bits per heavy atom. The normalized spacial score (nSPS) is 15.5. The third kappa shape index (κ3) is 3.71. The molecule has 102 valence electrons. The number of aliphatic hydroxyl groups excluding tert-OH is 2. The van der Waals surface area contributed by atoms with Crippen LogP contribution in [-0.4, -0.2) is 27.2 Å². The number of pyridine rings is 1. The van der Waals surface area contributed by atoms with Crippen molar-refractivity contribution in [3.05, 3.63) is 28.5 Å². The first-order chi connectivity index (χ1) is 8.27. The molecule has 0 aliphatic heterocycles. The molecule has 3 nitrogen and oxygen atoms in total. The maximum atomic E-state index is 12.5. The second-order valence-electron chi connectivity index (χ2n) is 3.59. The summed E-state index contributed by atoms with van der Waals surface area (Å²) in [6.45, 7) is 0. The van der Waals surface area contributed by atoms with Crippen LogP contribution in [-0.2, 0) is 6.18 Å². The highest BCUT2D eigenvalue weighted by Crippen LogP contribution is 2.33. The van der Waals surface area contributed by atoms with Gasteiger partial charge in [0.15, 0.2) is 0 Å². The number of hydrogen-bond donors (Lipinski definition) is 2. The Hall–Kier alpha value is -0.560. The molecule has 0 radical (unpaired) electrons. The molecule has 1 heterocycles. The summed E-state index contributed by atoms with van der Waals surface area (Å²) in [4.78, 5) is 3.35. The zero-order chi connectivity index (χ0) is 13.9. The Morgan fingerprint density at radius 1 is 1.33 bits per heavy atom. The van der Waals surface area contributed by atoms with Crippen LogP contribution in [0.5, 0.6) is 0 Å². The lowest BCUT2D eigenvalue weighted by Crippen LogP contribution is -2.20. The van der Waals surface area contributed by atoms with Gasteiger partial charge >= 0.3 is 6.18 Å². The highest BCUT2D eigenvalue weighted by Gasteiger charge is 2.33. The number of rotatable bonds is 4. The molecule has 1 aromatic heterocycles. The maximum Gasteiger partial charge on any atom is 0.417 e. The van der Waals surface area contributed by atoms with Crippen molar-refractivity contribution in [2.75, 3.05) is 5.88 Å². The Labute approximate surface area is 111 Å². The molecular formula is C10H10Cl2F3NO2. The fraction of sp³-hybridized carbons (Fsp3) is 0.500. The van der Waals surface area contributed by atoms with E-state index in [1.54, 1.807) is 0 Å². The molecule has 2 N–H and O–H groups in total. The first-order valence-corrected chi connectivity index (χ1v) is 5.83. The van der Waals surface area contributed by atoms with Crippen LogP contribution < -0.4 is 0 Å². The van der Waals surface area contributed by atoms with Gasteiger partial charge in [-0.15, -0.1) is 11.6 Å². The van der Waals surface area contributed by atoms with Gasteiger partial charge in [0.05, 0.1) is 11.7 Å². The van der Waals surface area contributed by atoms with Gasteiger partial charge < -0.3 is 10.2 Å². The van der Waals surface area contributed by atoms with Crippen LogP contribution in [0.3, 0.4) is 0 Å². The number of halogens is 5. The van der Waals surface area contributed by atoms with E-state index >= 15 is 0 Å². The predicted molar refractivity (Wildman–Crippen MR) is 60.6 cm³/mol. The van der Waals surface area contributed by atoms with Gasteiger partial charge in [-0.1, -0.05) is 11.6 Å². The average molecular weight is 304 g/mol. The van der Waals surface area contributed by atoms with Gasteiger partial charge in [-0.25, -0.2) is 4.98 Å². The SMILES string of the molecule is OC(CCCl)C(O)c1cc(C(F)(F)F)cnc1Cl. The van der Waals surface area contributed by atoms with Crippen molar-refractivity contribution < 1.29 is 23.4 Å². The minimum absolute atomic E-state index is 0.0231. The minimum atomic E-state index is -4.59. The second-order valence-corrected chi connectivity index (χ2v) is 4.33. The van der Waals surface area contributed by atoms with Crippen LogP contribution in [0.25, 0.3) is 0 Å². The van der Waals surface area contributed by atoms with E-state index in [-0.39, 0.29) is 23.0 Å². The van der Waals surface area contributed by atoms with E-state index in [4.69, 9.17) is 23.2 Å². The van der Waals surface area contributed by atoms with Crippen molar-refractivity contribution >= 4 is 23.2 Å². The molecule has 0 aliphatic carbocycles. The van der Waals surface area contributed by atoms with Gasteiger partial charge in [-0.05, 0) is 12.5 Å². The smallest absolute Gasteiger partial charge is 0.390 e. The van der Waals surface area contributed by atoms with Crippen LogP contribution in [0.4, 0.5) is 13.2 Å². The third-order valence-corrected chi connectivity index (χ3v) is 2.82. The first-order valence-electron chi connectivity index (χ1n) is 4.92. The molecule has 1 rings (SSSR count). The largest absolute Gasteiger partial charge is 0.417 e. The lowest BCUT2D eigenvalue weighted by molar-refractivity contribution is -0.138. The predicted octanol–water partition coefficient (Wildman–Crippen LogP) is 2.78. The number of nitrogens with zero attached hydrogens (tertiary/aromatic N) is 1. The third-order valence-electron chi connectivity index (χ3n) is 2.28. The molecule has 0 bridgehead atoms. The zero-order valence-electron chi connectivity index (χ0n) is 8.96. The summed E-state index contributed by atoms with van der Waals surface area (Å²) < 4.78 is 37.4. The Morgan fingerprint density at radius 2 is 1.94 bits per heavy atom. The van der Waals surface area contributed by atoms with Gasteiger partial charge in [-0.3, -0.25) is 0 Å². The fourth-order valence-corrected chi connectivity index (χ4v) is 1.74. The minimum Gasteiger partial charge on any atom is -0.390 e. The average Bonchev–Trinajstić information content (AvgIpc) is 2.27. The summed E-state index contributed by atoms with van der Waals surface area (Å²) in [7, 11) is 0. The van der Waals surface area contributed by atoms with Gasteiger partial charge in [-0.2, -0.15) is 13.2 Å². The van der Waals surface area contributed by atoms with E-state index in [0.29, 0.717) is 12.3 Å². The molecule has 0 saturated heterocycles. The van der Waals surface area contributed by atoms with E-state index in [9.17, 15) is 23.4 Å². The molecule has 0 amide bonds. The molecule has 0 aromatic carbocycles. The van der Waals surface area contributed by atoms with Gasteiger partial charge in [0.1, 0.15) is 11.3 Å². The standard InChI is InChI=1S/C10H10Cl2F3NO2/c11-2-1-7(17)8(18)6-3-5(10(13,14)15)4-16-9(6)12/h3-4,7-8,17-18H,1-2H2. The second kappa shape index (κ2) is 6.06. The molecule has 1 aromatic rings. The Kier molecular flexibility index (Phi) is 5.21. The maximum absolute atomic E-state index is 12.5. The molecule has 0 aliphatic rings. The molecular weight excluding hydrogens is 294 g/mol. The molecule has 8 heteroatoms. The molecule has 2 unspecified atom stereocenters. The van der Waals surface area contributed by atoms with Crippen LogP contribution >= 0.6 is 23.2 Å². The van der Waals surface area contributed by atoms with E-state index < -0.39 is 23.9 Å². The van der Waals surface area contributed by atoms with Crippen LogP contribution in [0.1, 0.15) is 23.7 Å². The van der Waals surface area contributed by atoms with Crippen molar-refractivity contribution in [1.82, 2.24) is 4.98 Å². The van der Waals surface area contributed by atoms with Gasteiger partial charge in [0.25, 0.3) is 0 Å². The number of alkyl halides is 4. The van der Waals surface area contributed by atoms with Crippen LogP contribution in [0.2, 0.25) is 5.15 Å². The molecule has 0 saturated carbocycles.